The summed E-state index contributed by atoms with van der Waals surface area (Å²) in [5.74, 6) is 0.0450. The van der Waals surface area contributed by atoms with Crippen LogP contribution < -0.4 is 0 Å². The molecule has 22 heavy (non-hydrogen) atoms. The second kappa shape index (κ2) is 7.27. The first-order valence-corrected chi connectivity index (χ1v) is 7.54. The van der Waals surface area contributed by atoms with Crippen LogP contribution in [-0.4, -0.2) is 42.7 Å². The molecule has 0 aliphatic heterocycles. The maximum Gasteiger partial charge on any atom is 0.253 e. The van der Waals surface area contributed by atoms with Crippen molar-refractivity contribution in [2.75, 3.05) is 27.3 Å². The number of aryl methyl sites for hydroxylation is 2. The molecule has 0 fully saturated rings. The number of hydrogen-bond donors (Lipinski definition) is 0. The van der Waals surface area contributed by atoms with Crippen LogP contribution in [0.5, 0.6) is 0 Å². The van der Waals surface area contributed by atoms with Crippen molar-refractivity contribution in [3.8, 4) is 5.69 Å². The summed E-state index contributed by atoms with van der Waals surface area (Å²) in [5.41, 5.74) is 4.17. The average molecular weight is 300 g/mol. The smallest absolute Gasteiger partial charge is 0.253 e. The molecule has 0 saturated carbocycles. The van der Waals surface area contributed by atoms with Crippen LogP contribution in [0.3, 0.4) is 0 Å². The highest BCUT2D eigenvalue weighted by Gasteiger charge is 2.12. The molecule has 0 bridgehead atoms. The maximum absolute atomic E-state index is 12.3. The fourth-order valence-corrected chi connectivity index (χ4v) is 2.60. The highest BCUT2D eigenvalue weighted by Crippen LogP contribution is 2.17. The molecule has 1 heterocycles. The van der Waals surface area contributed by atoms with Crippen LogP contribution >= 0.6 is 0 Å². The van der Waals surface area contributed by atoms with Gasteiger partial charge in [-0.2, -0.15) is 0 Å². The predicted octanol–water partition coefficient (Wildman–Crippen LogP) is 3.20. The van der Waals surface area contributed by atoms with Gasteiger partial charge in [0.05, 0.1) is 0 Å². The Labute approximate surface area is 132 Å². The third kappa shape index (κ3) is 3.57. The molecule has 0 atom stereocenters. The zero-order valence-electron chi connectivity index (χ0n) is 13.8. The Bertz CT molecular complexity index is 610. The Morgan fingerprint density at radius 1 is 1.09 bits per heavy atom. The monoisotopic (exact) mass is 300 g/mol. The van der Waals surface area contributed by atoms with Gasteiger partial charge >= 0.3 is 0 Å². The molecule has 0 N–H and O–H groups in total. The predicted molar refractivity (Wildman–Crippen MR) is 88.7 cm³/mol. The number of nitrogens with zero attached hydrogens (tertiary/aromatic N) is 2. The molecule has 0 saturated heterocycles. The lowest BCUT2D eigenvalue weighted by molar-refractivity contribution is 0.0779. The maximum atomic E-state index is 12.3. The van der Waals surface area contributed by atoms with Crippen molar-refractivity contribution in [3.63, 3.8) is 0 Å². The van der Waals surface area contributed by atoms with Gasteiger partial charge in [0.1, 0.15) is 0 Å². The Morgan fingerprint density at radius 2 is 1.68 bits per heavy atom. The van der Waals surface area contributed by atoms with E-state index in [9.17, 15) is 4.79 Å². The Morgan fingerprint density at radius 3 is 2.23 bits per heavy atom. The number of benzene rings is 1. The summed E-state index contributed by atoms with van der Waals surface area (Å²) in [6, 6.07) is 12.0. The van der Waals surface area contributed by atoms with Crippen molar-refractivity contribution >= 4 is 5.91 Å². The van der Waals surface area contributed by atoms with Gasteiger partial charge in [-0.1, -0.05) is 0 Å². The van der Waals surface area contributed by atoms with E-state index in [4.69, 9.17) is 4.74 Å². The minimum absolute atomic E-state index is 0.0450. The zero-order chi connectivity index (χ0) is 16.1. The Balaban J connectivity index is 2.10. The van der Waals surface area contributed by atoms with E-state index in [1.165, 1.54) is 11.4 Å². The molecule has 0 radical (unpaired) electrons. The number of carbonyl (C=O) groups is 1. The lowest BCUT2D eigenvalue weighted by Gasteiger charge is -2.17. The summed E-state index contributed by atoms with van der Waals surface area (Å²) < 4.78 is 7.19. The quantitative estimate of drug-likeness (QED) is 0.768. The van der Waals surface area contributed by atoms with E-state index >= 15 is 0 Å². The molecule has 0 spiro atoms. The SMILES string of the molecule is COCCCN(C)C(=O)c1ccc(-n2c(C)ccc2C)cc1. The van der Waals surface area contributed by atoms with Gasteiger partial charge in [-0.3, -0.25) is 4.79 Å². The first-order valence-electron chi connectivity index (χ1n) is 7.54. The molecule has 1 aromatic carbocycles. The number of ether oxygens (including phenoxy) is 1. The minimum Gasteiger partial charge on any atom is -0.385 e. The van der Waals surface area contributed by atoms with Gasteiger partial charge in [0.15, 0.2) is 0 Å². The molecule has 4 nitrogen and oxygen atoms in total. The third-order valence-corrected chi connectivity index (χ3v) is 3.83. The minimum atomic E-state index is 0.0450. The zero-order valence-corrected chi connectivity index (χ0v) is 13.8. The van der Waals surface area contributed by atoms with Crippen LogP contribution in [0.2, 0.25) is 0 Å². The van der Waals surface area contributed by atoms with Gasteiger partial charge < -0.3 is 14.2 Å². The van der Waals surface area contributed by atoms with E-state index < -0.39 is 0 Å². The number of methoxy groups -OCH3 is 1. The molecule has 1 amide bonds. The van der Waals surface area contributed by atoms with E-state index in [0.717, 1.165) is 12.1 Å². The van der Waals surface area contributed by atoms with Gasteiger partial charge in [-0.15, -0.1) is 0 Å². The van der Waals surface area contributed by atoms with E-state index in [0.29, 0.717) is 18.7 Å². The van der Waals surface area contributed by atoms with Gasteiger partial charge in [0.25, 0.3) is 5.91 Å². The fraction of sp³-hybridized carbons (Fsp3) is 0.389. The van der Waals surface area contributed by atoms with Crippen molar-refractivity contribution in [3.05, 3.63) is 53.3 Å². The summed E-state index contributed by atoms with van der Waals surface area (Å²) in [6.45, 7) is 5.53. The molecule has 0 aliphatic rings. The summed E-state index contributed by atoms with van der Waals surface area (Å²) in [5, 5.41) is 0. The molecule has 1 aromatic heterocycles. The van der Waals surface area contributed by atoms with E-state index in [1.807, 2.05) is 31.3 Å². The van der Waals surface area contributed by atoms with Gasteiger partial charge in [0.2, 0.25) is 0 Å². The average Bonchev–Trinajstić information content (AvgIpc) is 2.86. The van der Waals surface area contributed by atoms with Crippen LogP contribution in [0.1, 0.15) is 28.2 Å². The van der Waals surface area contributed by atoms with E-state index in [-0.39, 0.29) is 5.91 Å². The molecule has 2 rings (SSSR count). The summed E-state index contributed by atoms with van der Waals surface area (Å²) in [4.78, 5) is 14.1. The second-order valence-corrected chi connectivity index (χ2v) is 5.57. The largest absolute Gasteiger partial charge is 0.385 e. The van der Waals surface area contributed by atoms with Crippen molar-refractivity contribution < 1.29 is 9.53 Å². The number of hydrogen-bond acceptors (Lipinski definition) is 2. The summed E-state index contributed by atoms with van der Waals surface area (Å²) >= 11 is 0. The lowest BCUT2D eigenvalue weighted by Crippen LogP contribution is -2.28. The van der Waals surface area contributed by atoms with Crippen LogP contribution in [0.4, 0.5) is 0 Å². The first kappa shape index (κ1) is 16.3. The molecule has 0 unspecified atom stereocenters. The Kier molecular flexibility index (Phi) is 5.39. The van der Waals surface area contributed by atoms with E-state index in [2.05, 4.69) is 30.5 Å². The van der Waals surface area contributed by atoms with Crippen molar-refractivity contribution in [1.29, 1.82) is 0 Å². The van der Waals surface area contributed by atoms with Crippen molar-refractivity contribution in [2.45, 2.75) is 20.3 Å². The van der Waals surface area contributed by atoms with Crippen LogP contribution in [0.25, 0.3) is 5.69 Å². The molecule has 2 aromatic rings. The van der Waals surface area contributed by atoms with Gasteiger partial charge in [0, 0.05) is 49.9 Å². The lowest BCUT2D eigenvalue weighted by atomic mass is 10.1. The number of amides is 1. The highest BCUT2D eigenvalue weighted by atomic mass is 16.5. The molecule has 0 aliphatic carbocycles. The van der Waals surface area contributed by atoms with Crippen molar-refractivity contribution in [2.24, 2.45) is 0 Å². The molecule has 4 heteroatoms. The van der Waals surface area contributed by atoms with Crippen LogP contribution in [0, 0.1) is 13.8 Å². The van der Waals surface area contributed by atoms with Crippen LogP contribution in [-0.2, 0) is 4.74 Å². The van der Waals surface area contributed by atoms with E-state index in [1.54, 1.807) is 12.0 Å². The molecular weight excluding hydrogens is 276 g/mol. The molecule has 118 valence electrons. The standard InChI is InChI=1S/C18H24N2O2/c1-14-6-7-15(2)20(14)17-10-8-16(9-11-17)18(21)19(3)12-5-13-22-4/h6-11H,5,12-13H2,1-4H3. The Hall–Kier alpha value is -2.07. The third-order valence-electron chi connectivity index (χ3n) is 3.83. The topological polar surface area (TPSA) is 34.5 Å². The van der Waals surface area contributed by atoms with Crippen molar-refractivity contribution in [1.82, 2.24) is 9.47 Å². The normalized spacial score (nSPS) is 10.7. The number of carbonyl (C=O) groups excluding carboxylic acids is 1. The van der Waals surface area contributed by atoms with Gasteiger partial charge in [-0.25, -0.2) is 0 Å². The fourth-order valence-electron chi connectivity index (χ4n) is 2.60. The second-order valence-electron chi connectivity index (χ2n) is 5.57. The van der Waals surface area contributed by atoms with Crippen LogP contribution in [0.15, 0.2) is 36.4 Å². The number of aromatic nitrogens is 1. The summed E-state index contributed by atoms with van der Waals surface area (Å²) in [6.07, 6.45) is 0.846. The molecular formula is C18H24N2O2. The van der Waals surface area contributed by atoms with Gasteiger partial charge in [-0.05, 0) is 56.7 Å². The highest BCUT2D eigenvalue weighted by molar-refractivity contribution is 5.94. The number of rotatable bonds is 6. The first-order chi connectivity index (χ1) is 10.5. The summed E-state index contributed by atoms with van der Waals surface area (Å²) in [7, 11) is 3.50.